The van der Waals surface area contributed by atoms with E-state index in [2.05, 4.69) is 15.6 Å². The van der Waals surface area contributed by atoms with E-state index in [1.807, 2.05) is 12.3 Å². The molecule has 0 saturated carbocycles. The number of rotatable bonds is 4. The second kappa shape index (κ2) is 6.97. The van der Waals surface area contributed by atoms with Gasteiger partial charge < -0.3 is 14.0 Å². The quantitative estimate of drug-likeness (QED) is 0.870. The molecule has 2 unspecified atom stereocenters. The summed E-state index contributed by atoms with van der Waals surface area (Å²) < 4.78 is 13.9. The largest absolute Gasteiger partial charge is 0.381 e. The van der Waals surface area contributed by atoms with E-state index >= 15 is 0 Å². The van der Waals surface area contributed by atoms with Gasteiger partial charge in [0.05, 0.1) is 12.7 Å². The molecule has 23 heavy (non-hydrogen) atoms. The van der Waals surface area contributed by atoms with Crippen LogP contribution in [0.15, 0.2) is 18.3 Å². The van der Waals surface area contributed by atoms with Crippen LogP contribution in [0.2, 0.25) is 0 Å². The molecule has 2 aromatic rings. The van der Waals surface area contributed by atoms with Crippen LogP contribution in [0, 0.1) is 5.92 Å². The lowest BCUT2D eigenvalue weighted by Crippen LogP contribution is -2.26. The van der Waals surface area contributed by atoms with Crippen LogP contribution in [0.25, 0.3) is 11.2 Å². The summed E-state index contributed by atoms with van der Waals surface area (Å²) in [4.78, 5) is 9.43. The van der Waals surface area contributed by atoms with Crippen molar-refractivity contribution in [2.75, 3.05) is 19.8 Å². The molecule has 0 spiro atoms. The van der Waals surface area contributed by atoms with Gasteiger partial charge in [-0.05, 0) is 44.2 Å². The summed E-state index contributed by atoms with van der Waals surface area (Å²) in [6.45, 7) is 3.60. The van der Waals surface area contributed by atoms with Gasteiger partial charge in [0.15, 0.2) is 5.65 Å². The molecule has 0 N–H and O–H groups in total. The smallest absolute Gasteiger partial charge is 0.159 e. The Bertz CT molecular complexity index is 643. The van der Waals surface area contributed by atoms with Gasteiger partial charge in [0.1, 0.15) is 11.3 Å². The number of nitrogens with zero attached hydrogens (tertiary/aromatic N) is 3. The third kappa shape index (κ3) is 3.40. The fraction of sp³-hybridized carbons (Fsp3) is 0.667. The maximum atomic E-state index is 5.92. The van der Waals surface area contributed by atoms with Crippen LogP contribution in [-0.2, 0) is 22.4 Å². The van der Waals surface area contributed by atoms with Gasteiger partial charge in [-0.2, -0.15) is 0 Å². The Morgan fingerprint density at radius 2 is 2.17 bits per heavy atom. The van der Waals surface area contributed by atoms with E-state index in [0.29, 0.717) is 12.0 Å². The van der Waals surface area contributed by atoms with Crippen molar-refractivity contribution < 1.29 is 9.47 Å². The number of ether oxygens (including phenoxy) is 2. The van der Waals surface area contributed by atoms with E-state index in [1.54, 1.807) is 0 Å². The average Bonchev–Trinajstić information content (AvgIpc) is 2.94. The molecule has 2 saturated heterocycles. The number of fused-ring (bicyclic) bond motifs is 1. The Morgan fingerprint density at radius 1 is 1.17 bits per heavy atom. The average molecular weight is 315 g/mol. The molecule has 5 nitrogen and oxygen atoms in total. The Balaban J connectivity index is 1.60. The highest BCUT2D eigenvalue weighted by molar-refractivity contribution is 5.71. The molecule has 4 rings (SSSR count). The molecule has 0 bridgehead atoms. The molecule has 2 aliphatic heterocycles. The molecule has 0 radical (unpaired) electrons. The van der Waals surface area contributed by atoms with Crippen molar-refractivity contribution in [2.45, 2.75) is 51.2 Å². The predicted octanol–water partition coefficient (Wildman–Crippen LogP) is 2.97. The monoisotopic (exact) mass is 315 g/mol. The van der Waals surface area contributed by atoms with Crippen molar-refractivity contribution in [3.05, 3.63) is 24.2 Å². The zero-order valence-electron chi connectivity index (χ0n) is 13.6. The lowest BCUT2D eigenvalue weighted by atomic mass is 10.0. The second-order valence-corrected chi connectivity index (χ2v) is 6.76. The van der Waals surface area contributed by atoms with Crippen molar-refractivity contribution in [2.24, 2.45) is 5.92 Å². The van der Waals surface area contributed by atoms with Crippen LogP contribution in [0.4, 0.5) is 0 Å². The van der Waals surface area contributed by atoms with Crippen molar-refractivity contribution >= 4 is 11.2 Å². The van der Waals surface area contributed by atoms with Gasteiger partial charge in [-0.3, -0.25) is 0 Å². The highest BCUT2D eigenvalue weighted by Gasteiger charge is 2.22. The van der Waals surface area contributed by atoms with Crippen molar-refractivity contribution in [1.29, 1.82) is 0 Å². The van der Waals surface area contributed by atoms with Crippen molar-refractivity contribution in [1.82, 2.24) is 14.5 Å². The molecule has 5 heteroatoms. The Hall–Kier alpha value is -1.46. The fourth-order valence-corrected chi connectivity index (χ4v) is 3.73. The highest BCUT2D eigenvalue weighted by atomic mass is 16.5. The molecule has 2 atom stereocenters. The first-order valence-corrected chi connectivity index (χ1v) is 8.89. The number of pyridine rings is 1. The summed E-state index contributed by atoms with van der Waals surface area (Å²) in [5.74, 6) is 1.69. The number of aromatic nitrogens is 3. The van der Waals surface area contributed by atoms with Gasteiger partial charge in [-0.15, -0.1) is 0 Å². The molecule has 0 amide bonds. The van der Waals surface area contributed by atoms with Gasteiger partial charge in [0.25, 0.3) is 0 Å². The van der Waals surface area contributed by atoms with Gasteiger partial charge in [0.2, 0.25) is 0 Å². The molecule has 124 valence electrons. The summed E-state index contributed by atoms with van der Waals surface area (Å²) in [5, 5.41) is 0. The van der Waals surface area contributed by atoms with Gasteiger partial charge >= 0.3 is 0 Å². The lowest BCUT2D eigenvalue weighted by Gasteiger charge is -2.25. The van der Waals surface area contributed by atoms with Gasteiger partial charge in [-0.25, -0.2) is 9.97 Å². The van der Waals surface area contributed by atoms with Gasteiger partial charge in [-0.1, -0.05) is 0 Å². The minimum atomic E-state index is 0.307. The van der Waals surface area contributed by atoms with E-state index in [9.17, 15) is 0 Å². The van der Waals surface area contributed by atoms with Crippen LogP contribution in [0.1, 0.15) is 37.9 Å². The lowest BCUT2D eigenvalue weighted by molar-refractivity contribution is 0.0146. The summed E-state index contributed by atoms with van der Waals surface area (Å²) >= 11 is 0. The third-order valence-electron chi connectivity index (χ3n) is 4.96. The number of hydrogen-bond acceptors (Lipinski definition) is 4. The molecule has 2 aliphatic rings. The molecule has 0 aromatic carbocycles. The first-order valence-electron chi connectivity index (χ1n) is 8.89. The summed E-state index contributed by atoms with van der Waals surface area (Å²) in [6, 6.07) is 4.02. The zero-order chi connectivity index (χ0) is 15.5. The molecular weight excluding hydrogens is 290 g/mol. The third-order valence-corrected chi connectivity index (χ3v) is 4.96. The number of hydrogen-bond donors (Lipinski definition) is 0. The Kier molecular flexibility index (Phi) is 4.57. The van der Waals surface area contributed by atoms with Crippen LogP contribution < -0.4 is 0 Å². The maximum absolute atomic E-state index is 5.92. The zero-order valence-corrected chi connectivity index (χ0v) is 13.6. The van der Waals surface area contributed by atoms with E-state index < -0.39 is 0 Å². The SMILES string of the molecule is c1cnc2c(c1)nc(CC1CCCCO1)n2CC1CCCOC1. The van der Waals surface area contributed by atoms with E-state index in [4.69, 9.17) is 14.5 Å². The summed E-state index contributed by atoms with van der Waals surface area (Å²) in [6.07, 6.45) is 9.04. The van der Waals surface area contributed by atoms with E-state index in [0.717, 1.165) is 62.6 Å². The molecule has 4 heterocycles. The topological polar surface area (TPSA) is 49.2 Å². The normalized spacial score (nSPS) is 25.7. The summed E-state index contributed by atoms with van der Waals surface area (Å²) in [5.41, 5.74) is 2.00. The molecule has 2 fully saturated rings. The minimum absolute atomic E-state index is 0.307. The predicted molar refractivity (Wildman–Crippen MR) is 88.4 cm³/mol. The first kappa shape index (κ1) is 15.1. The van der Waals surface area contributed by atoms with Crippen molar-refractivity contribution in [3.8, 4) is 0 Å². The van der Waals surface area contributed by atoms with E-state index in [1.165, 1.54) is 19.3 Å². The Labute approximate surface area is 137 Å². The standard InChI is InChI=1S/C18H25N3O2/c1-2-10-23-15(6-1)11-17-20-16-7-3-8-19-18(16)21(17)12-14-5-4-9-22-13-14/h3,7-8,14-15H,1-2,4-6,9-13H2. The van der Waals surface area contributed by atoms with Crippen LogP contribution in [-0.4, -0.2) is 40.5 Å². The number of imidazole rings is 1. The molecule has 2 aromatic heterocycles. The second-order valence-electron chi connectivity index (χ2n) is 6.76. The Morgan fingerprint density at radius 3 is 3.00 bits per heavy atom. The molecule has 0 aliphatic carbocycles. The van der Waals surface area contributed by atoms with Crippen molar-refractivity contribution in [3.63, 3.8) is 0 Å². The maximum Gasteiger partial charge on any atom is 0.159 e. The van der Waals surface area contributed by atoms with E-state index in [-0.39, 0.29) is 0 Å². The summed E-state index contributed by atoms with van der Waals surface area (Å²) in [7, 11) is 0. The highest BCUT2D eigenvalue weighted by Crippen LogP contribution is 2.23. The fourth-order valence-electron chi connectivity index (χ4n) is 3.73. The van der Waals surface area contributed by atoms with Crippen LogP contribution >= 0.6 is 0 Å². The first-order chi connectivity index (χ1) is 11.4. The van der Waals surface area contributed by atoms with Crippen LogP contribution in [0.3, 0.4) is 0 Å². The van der Waals surface area contributed by atoms with Gasteiger partial charge in [0, 0.05) is 38.3 Å². The molecular formula is C18H25N3O2. The van der Waals surface area contributed by atoms with Crippen LogP contribution in [0.5, 0.6) is 0 Å². The minimum Gasteiger partial charge on any atom is -0.381 e.